The maximum Gasteiger partial charge on any atom is 0.149 e. The lowest BCUT2D eigenvalue weighted by molar-refractivity contribution is 0.472. The van der Waals surface area contributed by atoms with E-state index in [4.69, 9.17) is 14.6 Å². The van der Waals surface area contributed by atoms with Gasteiger partial charge in [-0.15, -0.1) is 0 Å². The molecule has 0 aliphatic heterocycles. The van der Waals surface area contributed by atoms with Crippen molar-refractivity contribution in [1.82, 2.24) is 14.5 Å². The number of para-hydroxylation sites is 1. The summed E-state index contributed by atoms with van der Waals surface area (Å²) in [4.78, 5) is 9.94. The number of nitrogens with zero attached hydrogens (tertiary/aromatic N) is 3. The van der Waals surface area contributed by atoms with Crippen molar-refractivity contribution in [2.45, 2.75) is 92.4 Å². The molecule has 2 heterocycles. The number of aromatic hydroxyl groups is 1. The Balaban J connectivity index is 1.45. The number of hydrogen-bond acceptors (Lipinski definition) is 3. The van der Waals surface area contributed by atoms with E-state index in [0.29, 0.717) is 22.5 Å². The minimum Gasteiger partial charge on any atom is -0.507 e. The van der Waals surface area contributed by atoms with Crippen molar-refractivity contribution in [1.29, 1.82) is 0 Å². The van der Waals surface area contributed by atoms with Crippen molar-refractivity contribution >= 4 is 11.0 Å². The van der Waals surface area contributed by atoms with Gasteiger partial charge in [0.1, 0.15) is 11.6 Å². The van der Waals surface area contributed by atoms with E-state index in [1.165, 1.54) is 5.56 Å². The van der Waals surface area contributed by atoms with Crippen LogP contribution in [0.25, 0.3) is 72.7 Å². The molecule has 0 aliphatic carbocycles. The molecule has 0 atom stereocenters. The summed E-state index contributed by atoms with van der Waals surface area (Å²) in [5.74, 6) is 0.671. The van der Waals surface area contributed by atoms with Gasteiger partial charge in [0, 0.05) is 22.9 Å². The minimum absolute atomic E-state index is 0.0276. The highest BCUT2D eigenvalue weighted by molar-refractivity contribution is 5.98. The van der Waals surface area contributed by atoms with Crippen molar-refractivity contribution in [2.75, 3.05) is 0 Å². The molecule has 8 aromatic rings. The fraction of sp³-hybridized carbons (Fsp3) is 0.250. The summed E-state index contributed by atoms with van der Waals surface area (Å²) in [7, 11) is 0. The van der Waals surface area contributed by atoms with E-state index in [1.54, 1.807) is 0 Å². The molecule has 0 saturated heterocycles. The van der Waals surface area contributed by atoms with Crippen molar-refractivity contribution in [3.05, 3.63) is 167 Å². The van der Waals surface area contributed by atoms with Crippen molar-refractivity contribution in [2.24, 2.45) is 0 Å². The number of benzene rings is 6. The summed E-state index contributed by atoms with van der Waals surface area (Å²) in [6, 6.07) is 27.3. The van der Waals surface area contributed by atoms with Crippen LogP contribution in [-0.2, 0) is 16.2 Å². The second-order valence-corrected chi connectivity index (χ2v) is 19.0. The fourth-order valence-electron chi connectivity index (χ4n) is 7.77. The number of aromatic nitrogens is 3. The van der Waals surface area contributed by atoms with Crippen molar-refractivity contribution in [3.8, 4) is 67.5 Å². The monoisotopic (exact) mass is 796 g/mol. The molecule has 60 heavy (non-hydrogen) atoms. The van der Waals surface area contributed by atoms with E-state index < -0.39 is 47.8 Å². The molecule has 4 heteroatoms. The average molecular weight is 796 g/mol. The molecule has 0 unspecified atom stereocenters. The van der Waals surface area contributed by atoms with Crippen LogP contribution in [0.2, 0.25) is 0 Å². The van der Waals surface area contributed by atoms with Crippen LogP contribution in [0.1, 0.15) is 101 Å². The molecule has 0 spiro atoms. The number of imidazole rings is 1. The maximum atomic E-state index is 11.9. The highest BCUT2D eigenvalue weighted by Gasteiger charge is 2.26. The molecule has 4 nitrogen and oxygen atoms in total. The summed E-state index contributed by atoms with van der Waals surface area (Å²) >= 11 is 0. The molecule has 0 bridgehead atoms. The first kappa shape index (κ1) is 31.6. The van der Waals surface area contributed by atoms with Gasteiger partial charge < -0.3 is 5.11 Å². The third-order valence-electron chi connectivity index (χ3n) is 11.3. The van der Waals surface area contributed by atoms with Crippen LogP contribution in [0.4, 0.5) is 0 Å². The quantitative estimate of drug-likeness (QED) is 0.182. The fourth-order valence-corrected chi connectivity index (χ4v) is 7.77. The summed E-state index contributed by atoms with van der Waals surface area (Å²) in [6.45, 7) is 23.3. The zero-order valence-corrected chi connectivity index (χ0v) is 36.4. The van der Waals surface area contributed by atoms with Crippen LogP contribution in [0.3, 0.4) is 0 Å². The van der Waals surface area contributed by atoms with E-state index in [2.05, 4.69) is 120 Å². The summed E-state index contributed by atoms with van der Waals surface area (Å²) in [5, 5.41) is 11.9. The Hall–Kier alpha value is -6.26. The number of rotatable bonds is 6. The van der Waals surface area contributed by atoms with Crippen molar-refractivity contribution in [3.63, 3.8) is 0 Å². The Morgan fingerprint density at radius 1 is 0.567 bits per heavy atom. The van der Waals surface area contributed by atoms with Gasteiger partial charge in [0.15, 0.2) is 0 Å². The number of phenols is 1. The van der Waals surface area contributed by atoms with Crippen LogP contribution in [0.15, 0.2) is 139 Å². The molecule has 0 amide bonds. The van der Waals surface area contributed by atoms with Crippen LogP contribution < -0.4 is 0 Å². The van der Waals surface area contributed by atoms with E-state index in [1.807, 2.05) is 56.3 Å². The average Bonchev–Trinajstić information content (AvgIpc) is 3.66. The highest BCUT2D eigenvalue weighted by Crippen LogP contribution is 2.43. The number of phenolic OH excluding ortho intramolecular Hbond substituents is 1. The predicted octanol–water partition coefficient (Wildman–Crippen LogP) is 15.0. The van der Waals surface area contributed by atoms with Crippen molar-refractivity contribution < 1.29 is 16.1 Å². The molecule has 0 saturated carbocycles. The van der Waals surface area contributed by atoms with Gasteiger partial charge in [0.05, 0.1) is 38.9 Å². The predicted molar refractivity (Wildman–Crippen MR) is 253 cm³/mol. The van der Waals surface area contributed by atoms with E-state index in [0.717, 1.165) is 55.7 Å². The molecule has 0 fully saturated rings. The molecular weight excluding hydrogens is 731 g/mol. The van der Waals surface area contributed by atoms with Gasteiger partial charge in [-0.1, -0.05) is 147 Å². The van der Waals surface area contributed by atoms with Gasteiger partial charge in [-0.3, -0.25) is 9.55 Å². The molecule has 6 aromatic carbocycles. The number of hydrogen-bond donors (Lipinski definition) is 1. The second-order valence-electron chi connectivity index (χ2n) is 19.0. The first-order chi connectivity index (χ1) is 31.7. The largest absolute Gasteiger partial charge is 0.507 e. The van der Waals surface area contributed by atoms with Crippen LogP contribution in [-0.4, -0.2) is 19.6 Å². The standard InChI is InChI=1S/C56H57N3O/c1-35-28-36(2)52(60)47(29-35)53-58-51-45(40-30-41(32-44(31-40)56(9,10)11)48-33-39(26-27-57-48)37-16-13-12-14-17-37)18-15-19-50(51)59(53)49-25-24-43(55(6,7)8)34-46(49)38-20-22-42(23-21-38)54(3,4)5/h12-34,60H,1-11H3/i12D,13D,14D,16D,17D,26D,27D,33D. The Bertz CT molecular complexity index is 3320. The number of aryl methyl sites for hydroxylation is 2. The first-order valence-corrected chi connectivity index (χ1v) is 20.5. The molecule has 2 aromatic heterocycles. The Labute approximate surface area is 367 Å². The lowest BCUT2D eigenvalue weighted by atomic mass is 9.83. The Morgan fingerprint density at radius 2 is 1.23 bits per heavy atom. The van der Waals surface area contributed by atoms with Gasteiger partial charge in [0.25, 0.3) is 0 Å². The lowest BCUT2D eigenvalue weighted by Crippen LogP contribution is -2.12. The molecular formula is C56H57N3O. The minimum atomic E-state index is -0.599. The van der Waals surface area contributed by atoms with E-state index in [9.17, 15) is 6.48 Å². The third-order valence-corrected chi connectivity index (χ3v) is 11.3. The van der Waals surface area contributed by atoms with Gasteiger partial charge >= 0.3 is 0 Å². The Kier molecular flexibility index (Phi) is 7.95. The molecule has 1 N–H and O–H groups in total. The number of fused-ring (bicyclic) bond motifs is 1. The van der Waals surface area contributed by atoms with Gasteiger partial charge in [-0.25, -0.2) is 4.98 Å². The van der Waals surface area contributed by atoms with Crippen LogP contribution in [0.5, 0.6) is 5.75 Å². The second kappa shape index (κ2) is 15.1. The SMILES string of the molecule is [2H]c1nc(-c2cc(-c3cccc4c3nc(-c3cc(C)cc(C)c3O)n4-c3ccc(C(C)(C)C)cc3-c3ccc(C(C)(C)C)cc3)cc(C(C)(C)C)c2)c([2H])c(-c2c([2H])c([2H])c([2H])c([2H])c2[2H])c1[2H]. The third kappa shape index (κ3) is 7.79. The summed E-state index contributed by atoms with van der Waals surface area (Å²) in [5.41, 5.74) is 10.6. The maximum absolute atomic E-state index is 11.9. The summed E-state index contributed by atoms with van der Waals surface area (Å²) < 4.78 is 71.6. The number of pyridine rings is 1. The van der Waals surface area contributed by atoms with Crippen LogP contribution in [0, 0.1) is 13.8 Å². The van der Waals surface area contributed by atoms with Crippen LogP contribution >= 0.6 is 0 Å². The highest BCUT2D eigenvalue weighted by atomic mass is 16.3. The zero-order valence-electron chi connectivity index (χ0n) is 44.4. The van der Waals surface area contributed by atoms with E-state index >= 15 is 0 Å². The molecule has 302 valence electrons. The van der Waals surface area contributed by atoms with Gasteiger partial charge in [-0.2, -0.15) is 0 Å². The molecule has 8 rings (SSSR count). The van der Waals surface area contributed by atoms with E-state index in [-0.39, 0.29) is 39.4 Å². The Morgan fingerprint density at radius 3 is 1.92 bits per heavy atom. The smallest absolute Gasteiger partial charge is 0.149 e. The first-order valence-electron chi connectivity index (χ1n) is 24.5. The van der Waals surface area contributed by atoms with Gasteiger partial charge in [0.2, 0.25) is 0 Å². The molecule has 0 radical (unpaired) electrons. The van der Waals surface area contributed by atoms with Gasteiger partial charge in [-0.05, 0) is 129 Å². The lowest BCUT2D eigenvalue weighted by Gasteiger charge is -2.24. The summed E-state index contributed by atoms with van der Waals surface area (Å²) in [6.07, 6.45) is -0.499. The zero-order chi connectivity index (χ0) is 49.7. The molecule has 0 aliphatic rings. The normalized spacial score (nSPS) is 14.2. The topological polar surface area (TPSA) is 50.9 Å².